The van der Waals surface area contributed by atoms with E-state index in [2.05, 4.69) is 4.98 Å². The van der Waals surface area contributed by atoms with Crippen LogP contribution >= 0.6 is 11.3 Å². The van der Waals surface area contributed by atoms with Crippen LogP contribution in [0.1, 0.15) is 23.5 Å². The van der Waals surface area contributed by atoms with Crippen molar-refractivity contribution in [3.8, 4) is 16.3 Å². The van der Waals surface area contributed by atoms with Crippen LogP contribution in [-0.2, 0) is 0 Å². The van der Waals surface area contributed by atoms with Crippen LogP contribution in [0.4, 0.5) is 0 Å². The van der Waals surface area contributed by atoms with Crippen molar-refractivity contribution in [3.63, 3.8) is 0 Å². The molecule has 17 heavy (non-hydrogen) atoms. The van der Waals surface area contributed by atoms with Crippen molar-refractivity contribution < 1.29 is 4.74 Å². The van der Waals surface area contributed by atoms with Crippen molar-refractivity contribution >= 4 is 11.3 Å². The molecule has 0 aliphatic carbocycles. The number of benzene rings is 1. The number of nitrogens with two attached hydrogens (primary N) is 1. The molecule has 4 heteroatoms. The van der Waals surface area contributed by atoms with E-state index in [0.29, 0.717) is 0 Å². The molecule has 2 rings (SSSR count). The summed E-state index contributed by atoms with van der Waals surface area (Å²) >= 11 is 1.66. The summed E-state index contributed by atoms with van der Waals surface area (Å²) < 4.78 is 5.14. The number of hydrogen-bond acceptors (Lipinski definition) is 4. The summed E-state index contributed by atoms with van der Waals surface area (Å²) in [6.45, 7) is 3.99. The molecular weight excluding hydrogens is 232 g/mol. The van der Waals surface area contributed by atoms with Gasteiger partial charge in [0.1, 0.15) is 10.8 Å². The first-order chi connectivity index (χ1) is 8.11. The Morgan fingerprint density at radius 2 is 1.94 bits per heavy atom. The molecule has 0 saturated carbocycles. The lowest BCUT2D eigenvalue weighted by Crippen LogP contribution is -2.03. The molecular formula is C13H16N2OS. The van der Waals surface area contributed by atoms with Gasteiger partial charge in [-0.1, -0.05) is 0 Å². The SMILES string of the molecule is COc1ccc(-c2nc(C)c([C@H](C)N)s2)cc1. The van der Waals surface area contributed by atoms with Gasteiger partial charge in [0.2, 0.25) is 0 Å². The van der Waals surface area contributed by atoms with Gasteiger partial charge in [0.05, 0.1) is 12.8 Å². The van der Waals surface area contributed by atoms with Gasteiger partial charge in [-0.25, -0.2) is 4.98 Å². The lowest BCUT2D eigenvalue weighted by atomic mass is 10.2. The Balaban J connectivity index is 2.36. The molecule has 1 heterocycles. The van der Waals surface area contributed by atoms with Gasteiger partial charge in [0.25, 0.3) is 0 Å². The molecule has 0 aliphatic rings. The Morgan fingerprint density at radius 1 is 1.29 bits per heavy atom. The zero-order chi connectivity index (χ0) is 12.4. The Hall–Kier alpha value is -1.39. The van der Waals surface area contributed by atoms with E-state index in [-0.39, 0.29) is 6.04 Å². The van der Waals surface area contributed by atoms with Crippen LogP contribution < -0.4 is 10.5 Å². The largest absolute Gasteiger partial charge is 0.497 e. The van der Waals surface area contributed by atoms with Crippen molar-refractivity contribution in [1.29, 1.82) is 0 Å². The van der Waals surface area contributed by atoms with Gasteiger partial charge in [-0.2, -0.15) is 0 Å². The van der Waals surface area contributed by atoms with E-state index in [0.717, 1.165) is 26.9 Å². The summed E-state index contributed by atoms with van der Waals surface area (Å²) in [5.74, 6) is 0.856. The van der Waals surface area contributed by atoms with Crippen LogP contribution in [0, 0.1) is 6.92 Å². The van der Waals surface area contributed by atoms with E-state index in [1.54, 1.807) is 18.4 Å². The Bertz CT molecular complexity index is 503. The predicted molar refractivity (Wildman–Crippen MR) is 71.4 cm³/mol. The fourth-order valence-electron chi connectivity index (χ4n) is 1.69. The molecule has 0 saturated heterocycles. The fourth-order valence-corrected chi connectivity index (χ4v) is 2.71. The number of methoxy groups -OCH3 is 1. The molecule has 2 N–H and O–H groups in total. The van der Waals surface area contributed by atoms with Gasteiger partial charge < -0.3 is 10.5 Å². The zero-order valence-electron chi connectivity index (χ0n) is 10.2. The predicted octanol–water partition coefficient (Wildman–Crippen LogP) is 3.15. The third-order valence-electron chi connectivity index (χ3n) is 2.58. The van der Waals surface area contributed by atoms with Gasteiger partial charge in [0, 0.05) is 16.5 Å². The first-order valence-electron chi connectivity index (χ1n) is 5.49. The lowest BCUT2D eigenvalue weighted by molar-refractivity contribution is 0.415. The minimum atomic E-state index is 0.0412. The smallest absolute Gasteiger partial charge is 0.123 e. The summed E-state index contributed by atoms with van der Waals surface area (Å²) in [7, 11) is 1.66. The molecule has 0 bridgehead atoms. The zero-order valence-corrected chi connectivity index (χ0v) is 11.0. The summed E-state index contributed by atoms with van der Waals surface area (Å²) in [4.78, 5) is 5.70. The van der Waals surface area contributed by atoms with E-state index >= 15 is 0 Å². The minimum Gasteiger partial charge on any atom is -0.497 e. The molecule has 90 valence electrons. The molecule has 2 aromatic rings. The van der Waals surface area contributed by atoms with Crippen molar-refractivity contribution in [2.24, 2.45) is 5.73 Å². The molecule has 1 atom stereocenters. The first kappa shape index (κ1) is 12.1. The molecule has 3 nitrogen and oxygen atoms in total. The van der Waals surface area contributed by atoms with E-state index < -0.39 is 0 Å². The van der Waals surface area contributed by atoms with Gasteiger partial charge in [-0.15, -0.1) is 11.3 Å². The second-order valence-electron chi connectivity index (χ2n) is 3.99. The van der Waals surface area contributed by atoms with E-state index in [1.165, 1.54) is 0 Å². The highest BCUT2D eigenvalue weighted by Gasteiger charge is 2.12. The summed E-state index contributed by atoms with van der Waals surface area (Å²) in [6.07, 6.45) is 0. The second kappa shape index (κ2) is 4.85. The molecule has 0 radical (unpaired) electrons. The van der Waals surface area contributed by atoms with Crippen molar-refractivity contribution in [1.82, 2.24) is 4.98 Å². The number of aryl methyl sites for hydroxylation is 1. The number of ether oxygens (including phenoxy) is 1. The normalized spacial score (nSPS) is 12.5. The van der Waals surface area contributed by atoms with Crippen LogP contribution in [0.15, 0.2) is 24.3 Å². The Morgan fingerprint density at radius 3 is 2.41 bits per heavy atom. The first-order valence-corrected chi connectivity index (χ1v) is 6.31. The highest BCUT2D eigenvalue weighted by Crippen LogP contribution is 2.31. The number of thiazole rings is 1. The van der Waals surface area contributed by atoms with Gasteiger partial charge in [-0.3, -0.25) is 0 Å². The van der Waals surface area contributed by atoms with Crippen molar-refractivity contribution in [2.45, 2.75) is 19.9 Å². The molecule has 0 amide bonds. The van der Waals surface area contributed by atoms with Crippen LogP contribution in [0.3, 0.4) is 0 Å². The molecule has 0 aliphatic heterocycles. The standard InChI is InChI=1S/C13H16N2OS/c1-8(14)12-9(2)15-13(17-12)10-4-6-11(16-3)7-5-10/h4-8H,14H2,1-3H3/t8-/m0/s1. The molecule has 1 aromatic heterocycles. The maximum atomic E-state index is 5.90. The van der Waals surface area contributed by atoms with Crippen LogP contribution in [0.25, 0.3) is 10.6 Å². The number of nitrogens with zero attached hydrogens (tertiary/aromatic N) is 1. The van der Waals surface area contributed by atoms with Gasteiger partial charge in [0.15, 0.2) is 0 Å². The quantitative estimate of drug-likeness (QED) is 0.907. The number of rotatable bonds is 3. The van der Waals surface area contributed by atoms with Gasteiger partial charge in [-0.05, 0) is 38.1 Å². The van der Waals surface area contributed by atoms with E-state index in [1.807, 2.05) is 38.1 Å². The van der Waals surface area contributed by atoms with Crippen LogP contribution in [0.5, 0.6) is 5.75 Å². The van der Waals surface area contributed by atoms with Gasteiger partial charge >= 0.3 is 0 Å². The van der Waals surface area contributed by atoms with E-state index in [4.69, 9.17) is 10.5 Å². The average molecular weight is 248 g/mol. The maximum absolute atomic E-state index is 5.90. The summed E-state index contributed by atoms with van der Waals surface area (Å²) in [6, 6.07) is 7.96. The molecule has 1 aromatic carbocycles. The third kappa shape index (κ3) is 2.48. The lowest BCUT2D eigenvalue weighted by Gasteiger charge is -2.01. The molecule has 0 fully saturated rings. The monoisotopic (exact) mass is 248 g/mol. The Labute approximate surface area is 105 Å². The molecule has 0 unspecified atom stereocenters. The number of hydrogen-bond donors (Lipinski definition) is 1. The highest BCUT2D eigenvalue weighted by molar-refractivity contribution is 7.15. The summed E-state index contributed by atoms with van der Waals surface area (Å²) in [5, 5.41) is 1.01. The minimum absolute atomic E-state index is 0.0412. The van der Waals surface area contributed by atoms with Crippen LogP contribution in [0.2, 0.25) is 0 Å². The van der Waals surface area contributed by atoms with Crippen LogP contribution in [-0.4, -0.2) is 12.1 Å². The molecule has 0 spiro atoms. The van der Waals surface area contributed by atoms with Crippen molar-refractivity contribution in [3.05, 3.63) is 34.8 Å². The third-order valence-corrected chi connectivity index (χ3v) is 3.99. The highest BCUT2D eigenvalue weighted by atomic mass is 32.1. The van der Waals surface area contributed by atoms with Crippen molar-refractivity contribution in [2.75, 3.05) is 7.11 Å². The van der Waals surface area contributed by atoms with E-state index in [9.17, 15) is 0 Å². The second-order valence-corrected chi connectivity index (χ2v) is 5.02. The maximum Gasteiger partial charge on any atom is 0.123 e. The topological polar surface area (TPSA) is 48.1 Å². The fraction of sp³-hybridized carbons (Fsp3) is 0.308. The summed E-state index contributed by atoms with van der Waals surface area (Å²) in [5.41, 5.74) is 8.03. The Kier molecular flexibility index (Phi) is 3.45. The average Bonchev–Trinajstić information content (AvgIpc) is 2.71. The number of aromatic nitrogens is 1.